The molecular weight excluding hydrogens is 140 g/mol. The van der Waals surface area contributed by atoms with Gasteiger partial charge in [0.05, 0.1) is 0 Å². The Morgan fingerprint density at radius 3 is 3.00 bits per heavy atom. The molecule has 56 valence electrons. The molecule has 0 saturated heterocycles. The molecule has 0 saturated carbocycles. The van der Waals surface area contributed by atoms with Crippen LogP contribution in [-0.4, -0.2) is 4.98 Å². The Labute approximate surface area is 65.2 Å². The normalized spacial score (nSPS) is 12.0. The molecule has 1 atom stereocenters. The van der Waals surface area contributed by atoms with E-state index in [4.69, 9.17) is 12.3 Å². The quantitative estimate of drug-likeness (QED) is 0.494. The maximum absolute atomic E-state index is 5.13. The molecule has 0 radical (unpaired) electrons. The van der Waals surface area contributed by atoms with Crippen LogP contribution in [0.3, 0.4) is 0 Å². The van der Waals surface area contributed by atoms with E-state index in [1.54, 1.807) is 18.5 Å². The molecule has 3 nitrogen and oxygen atoms in total. The van der Waals surface area contributed by atoms with Crippen molar-refractivity contribution in [3.05, 3.63) is 30.1 Å². The number of nitrogens with zero attached hydrogens (tertiary/aromatic N) is 1. The molecule has 0 fully saturated rings. The predicted molar refractivity (Wildman–Crippen MR) is 41.1 cm³/mol. The lowest BCUT2D eigenvalue weighted by molar-refractivity contribution is 0.0933. The largest absolute Gasteiger partial charge is 0.283 e. The standard InChI is InChI=1S/C8H8N2O/c1-2-8(11-9)7-4-3-5-10-6-7/h1,3-6,8H,9H2/t8-/m1/s1. The molecule has 0 spiro atoms. The maximum Gasteiger partial charge on any atom is 0.165 e. The van der Waals surface area contributed by atoms with Gasteiger partial charge in [-0.3, -0.25) is 9.82 Å². The Hall–Kier alpha value is -1.37. The molecule has 0 aliphatic rings. The van der Waals surface area contributed by atoms with Crippen LogP contribution < -0.4 is 5.90 Å². The third-order valence-electron chi connectivity index (χ3n) is 1.27. The van der Waals surface area contributed by atoms with Crippen LogP contribution in [0.25, 0.3) is 0 Å². The number of pyridine rings is 1. The van der Waals surface area contributed by atoms with E-state index in [1.807, 2.05) is 6.07 Å². The van der Waals surface area contributed by atoms with E-state index in [9.17, 15) is 0 Å². The third-order valence-corrected chi connectivity index (χ3v) is 1.27. The molecule has 1 rings (SSSR count). The summed E-state index contributed by atoms with van der Waals surface area (Å²) < 4.78 is 0. The minimum atomic E-state index is -0.497. The molecule has 3 heteroatoms. The van der Waals surface area contributed by atoms with E-state index >= 15 is 0 Å². The van der Waals surface area contributed by atoms with E-state index in [1.165, 1.54) is 0 Å². The summed E-state index contributed by atoms with van der Waals surface area (Å²) in [6, 6.07) is 3.59. The van der Waals surface area contributed by atoms with Crippen molar-refractivity contribution >= 4 is 0 Å². The summed E-state index contributed by atoms with van der Waals surface area (Å²) >= 11 is 0. The first kappa shape index (κ1) is 7.73. The highest BCUT2D eigenvalue weighted by Gasteiger charge is 2.05. The van der Waals surface area contributed by atoms with Crippen LogP contribution in [0.1, 0.15) is 11.7 Å². The van der Waals surface area contributed by atoms with Crippen molar-refractivity contribution in [2.75, 3.05) is 0 Å². The van der Waals surface area contributed by atoms with Gasteiger partial charge in [-0.05, 0) is 6.07 Å². The summed E-state index contributed by atoms with van der Waals surface area (Å²) in [5.41, 5.74) is 0.789. The molecule has 0 unspecified atom stereocenters. The molecule has 1 heterocycles. The van der Waals surface area contributed by atoms with Gasteiger partial charge in [0.15, 0.2) is 6.10 Å². The minimum Gasteiger partial charge on any atom is -0.283 e. The van der Waals surface area contributed by atoms with E-state index in [0.29, 0.717) is 0 Å². The van der Waals surface area contributed by atoms with E-state index in [2.05, 4.69) is 15.7 Å². The lowest BCUT2D eigenvalue weighted by Gasteiger charge is -2.05. The Bertz CT molecular complexity index is 253. The second-order valence-corrected chi connectivity index (χ2v) is 1.97. The Morgan fingerprint density at radius 2 is 2.55 bits per heavy atom. The highest BCUT2D eigenvalue weighted by atomic mass is 16.6. The fraction of sp³-hybridized carbons (Fsp3) is 0.125. The highest BCUT2D eigenvalue weighted by Crippen LogP contribution is 2.11. The molecule has 1 aromatic rings. The number of terminal acetylenes is 1. The Balaban J connectivity index is 2.85. The van der Waals surface area contributed by atoms with Gasteiger partial charge in [0, 0.05) is 18.0 Å². The van der Waals surface area contributed by atoms with E-state index in [-0.39, 0.29) is 0 Å². The summed E-state index contributed by atoms with van der Waals surface area (Å²) in [5.74, 6) is 7.33. The molecular formula is C8H8N2O. The summed E-state index contributed by atoms with van der Waals surface area (Å²) in [4.78, 5) is 8.38. The van der Waals surface area contributed by atoms with Crippen LogP contribution in [0.2, 0.25) is 0 Å². The monoisotopic (exact) mass is 148 g/mol. The smallest absolute Gasteiger partial charge is 0.165 e. The second-order valence-electron chi connectivity index (χ2n) is 1.97. The van der Waals surface area contributed by atoms with Crippen molar-refractivity contribution in [3.8, 4) is 12.3 Å². The van der Waals surface area contributed by atoms with E-state index in [0.717, 1.165) is 5.56 Å². The molecule has 0 aromatic carbocycles. The third kappa shape index (κ3) is 1.77. The van der Waals surface area contributed by atoms with Crippen LogP contribution in [0.4, 0.5) is 0 Å². The first-order chi connectivity index (χ1) is 5.38. The van der Waals surface area contributed by atoms with Crippen LogP contribution in [-0.2, 0) is 4.84 Å². The van der Waals surface area contributed by atoms with Gasteiger partial charge in [0.2, 0.25) is 0 Å². The summed E-state index contributed by atoms with van der Waals surface area (Å²) in [5, 5.41) is 0. The fourth-order valence-electron chi connectivity index (χ4n) is 0.745. The first-order valence-electron chi connectivity index (χ1n) is 3.10. The van der Waals surface area contributed by atoms with Crippen LogP contribution in [0, 0.1) is 12.3 Å². The zero-order valence-corrected chi connectivity index (χ0v) is 5.90. The molecule has 0 aliphatic carbocycles. The van der Waals surface area contributed by atoms with Crippen molar-refractivity contribution in [3.63, 3.8) is 0 Å². The zero-order chi connectivity index (χ0) is 8.10. The topological polar surface area (TPSA) is 48.1 Å². The molecule has 0 amide bonds. The van der Waals surface area contributed by atoms with Gasteiger partial charge < -0.3 is 0 Å². The lowest BCUT2D eigenvalue weighted by Crippen LogP contribution is -2.06. The van der Waals surface area contributed by atoms with Crippen molar-refractivity contribution in [1.82, 2.24) is 4.98 Å². The van der Waals surface area contributed by atoms with Crippen molar-refractivity contribution in [2.24, 2.45) is 5.90 Å². The number of hydrogen-bond donors (Lipinski definition) is 1. The van der Waals surface area contributed by atoms with Gasteiger partial charge in [-0.2, -0.15) is 0 Å². The number of hydrogen-bond acceptors (Lipinski definition) is 3. The number of aromatic nitrogens is 1. The van der Waals surface area contributed by atoms with Gasteiger partial charge in [-0.1, -0.05) is 12.0 Å². The van der Waals surface area contributed by atoms with Gasteiger partial charge >= 0.3 is 0 Å². The maximum atomic E-state index is 5.13. The van der Waals surface area contributed by atoms with Crippen LogP contribution in [0.15, 0.2) is 24.5 Å². The second kappa shape index (κ2) is 3.71. The Kier molecular flexibility index (Phi) is 2.61. The first-order valence-corrected chi connectivity index (χ1v) is 3.10. The lowest BCUT2D eigenvalue weighted by atomic mass is 10.2. The molecule has 0 bridgehead atoms. The van der Waals surface area contributed by atoms with E-state index < -0.39 is 6.10 Å². The molecule has 1 aromatic heterocycles. The molecule has 2 N–H and O–H groups in total. The van der Waals surface area contributed by atoms with Gasteiger partial charge in [0.1, 0.15) is 0 Å². The SMILES string of the molecule is C#C[C@@H](ON)c1cccnc1. The van der Waals surface area contributed by atoms with Crippen LogP contribution >= 0.6 is 0 Å². The summed E-state index contributed by atoms with van der Waals surface area (Å²) in [6.07, 6.45) is 7.92. The van der Waals surface area contributed by atoms with Crippen molar-refractivity contribution < 1.29 is 4.84 Å². The molecule has 11 heavy (non-hydrogen) atoms. The summed E-state index contributed by atoms with van der Waals surface area (Å²) in [7, 11) is 0. The zero-order valence-electron chi connectivity index (χ0n) is 5.90. The number of rotatable bonds is 2. The van der Waals surface area contributed by atoms with Gasteiger partial charge in [-0.25, -0.2) is 5.90 Å². The Morgan fingerprint density at radius 1 is 1.73 bits per heavy atom. The molecule has 0 aliphatic heterocycles. The fourth-order valence-corrected chi connectivity index (χ4v) is 0.745. The minimum absolute atomic E-state index is 0.497. The summed E-state index contributed by atoms with van der Waals surface area (Å²) in [6.45, 7) is 0. The average Bonchev–Trinajstić information content (AvgIpc) is 2.09. The number of nitrogens with two attached hydrogens (primary N) is 1. The van der Waals surface area contributed by atoms with Gasteiger partial charge in [-0.15, -0.1) is 6.42 Å². The highest BCUT2D eigenvalue weighted by molar-refractivity contribution is 5.19. The van der Waals surface area contributed by atoms with Gasteiger partial charge in [0.25, 0.3) is 0 Å². The van der Waals surface area contributed by atoms with Crippen molar-refractivity contribution in [1.29, 1.82) is 0 Å². The van der Waals surface area contributed by atoms with Crippen molar-refractivity contribution in [2.45, 2.75) is 6.10 Å². The average molecular weight is 148 g/mol. The van der Waals surface area contributed by atoms with Crippen LogP contribution in [0.5, 0.6) is 0 Å². The predicted octanol–water partition coefficient (Wildman–Crippen LogP) is 0.646.